The number of rotatable bonds is 3. The fraction of sp³-hybridized carbons (Fsp3) is 0.250. The number of ketones is 1. The second kappa shape index (κ2) is 4.03. The van der Waals surface area contributed by atoms with E-state index in [1.807, 2.05) is 19.1 Å². The van der Waals surface area contributed by atoms with Crippen LogP contribution in [-0.4, -0.2) is 5.78 Å². The average molecular weight is 220 g/mol. The molecule has 0 N–H and O–H groups in total. The first kappa shape index (κ1) is 10.2. The normalized spacial score (nSPS) is 10.5. The summed E-state index contributed by atoms with van der Waals surface area (Å²) in [7, 11) is 0. The topological polar surface area (TPSA) is 30.2 Å². The van der Waals surface area contributed by atoms with E-state index in [1.54, 1.807) is 17.6 Å². The van der Waals surface area contributed by atoms with Crippen molar-refractivity contribution in [2.45, 2.75) is 20.3 Å². The predicted molar refractivity (Wildman–Crippen MR) is 60.6 cm³/mol. The van der Waals surface area contributed by atoms with Crippen LogP contribution in [0.2, 0.25) is 0 Å². The predicted octanol–water partition coefficient (Wildman–Crippen LogP) is 3.44. The van der Waals surface area contributed by atoms with Crippen LogP contribution in [0.15, 0.2) is 29.1 Å². The molecule has 2 nitrogen and oxygen atoms in total. The van der Waals surface area contributed by atoms with Crippen LogP contribution in [0.5, 0.6) is 0 Å². The molecule has 0 radical (unpaired) electrons. The van der Waals surface area contributed by atoms with Crippen molar-refractivity contribution in [1.82, 2.24) is 0 Å². The van der Waals surface area contributed by atoms with Gasteiger partial charge in [-0.25, -0.2) is 0 Å². The Labute approximate surface area is 92.5 Å². The third-order valence-electron chi connectivity index (χ3n) is 2.33. The maximum atomic E-state index is 12.0. The number of carbonyl (C=O) groups is 1. The standard InChI is InChI=1S/C12H12O2S/c1-3-9-4-5-11(15-9)12(13)10-7-14-6-8(10)2/h4-7H,3H2,1-2H3. The highest BCUT2D eigenvalue weighted by atomic mass is 32.1. The molecule has 0 aliphatic carbocycles. The van der Waals surface area contributed by atoms with Gasteiger partial charge in [0, 0.05) is 4.88 Å². The summed E-state index contributed by atoms with van der Waals surface area (Å²) in [5.41, 5.74) is 1.56. The molecular weight excluding hydrogens is 208 g/mol. The number of furan rings is 1. The van der Waals surface area contributed by atoms with Crippen LogP contribution in [0.3, 0.4) is 0 Å². The van der Waals surface area contributed by atoms with Crippen molar-refractivity contribution in [3.05, 3.63) is 45.5 Å². The first-order valence-electron chi connectivity index (χ1n) is 4.88. The average Bonchev–Trinajstić information content (AvgIpc) is 2.84. The number of hydrogen-bond donors (Lipinski definition) is 0. The van der Waals surface area contributed by atoms with E-state index in [9.17, 15) is 4.79 Å². The molecular formula is C12H12O2S. The van der Waals surface area contributed by atoms with Crippen LogP contribution in [0.4, 0.5) is 0 Å². The number of aryl methyl sites for hydroxylation is 2. The third kappa shape index (κ3) is 1.88. The Morgan fingerprint density at radius 2 is 2.20 bits per heavy atom. The van der Waals surface area contributed by atoms with Crippen molar-refractivity contribution < 1.29 is 9.21 Å². The molecule has 0 aromatic carbocycles. The lowest BCUT2D eigenvalue weighted by atomic mass is 10.1. The van der Waals surface area contributed by atoms with Gasteiger partial charge in [0.25, 0.3) is 0 Å². The molecule has 2 aromatic heterocycles. The van der Waals surface area contributed by atoms with Gasteiger partial charge in [0.05, 0.1) is 16.7 Å². The van der Waals surface area contributed by atoms with Crippen molar-refractivity contribution >= 4 is 17.1 Å². The Balaban J connectivity index is 2.32. The summed E-state index contributed by atoms with van der Waals surface area (Å²) in [5, 5.41) is 0. The molecule has 0 saturated heterocycles. The molecule has 0 amide bonds. The number of hydrogen-bond acceptors (Lipinski definition) is 3. The summed E-state index contributed by atoms with van der Waals surface area (Å²) >= 11 is 1.56. The maximum absolute atomic E-state index is 12.0. The Morgan fingerprint density at radius 3 is 2.73 bits per heavy atom. The molecule has 0 bridgehead atoms. The van der Waals surface area contributed by atoms with Gasteiger partial charge in [-0.1, -0.05) is 6.92 Å². The van der Waals surface area contributed by atoms with Crippen LogP contribution < -0.4 is 0 Å². The van der Waals surface area contributed by atoms with Crippen LogP contribution in [-0.2, 0) is 6.42 Å². The number of carbonyl (C=O) groups excluding carboxylic acids is 1. The highest BCUT2D eigenvalue weighted by Gasteiger charge is 2.15. The summed E-state index contributed by atoms with van der Waals surface area (Å²) < 4.78 is 5.00. The highest BCUT2D eigenvalue weighted by molar-refractivity contribution is 7.14. The van der Waals surface area contributed by atoms with Crippen LogP contribution >= 0.6 is 11.3 Å². The molecule has 2 aromatic rings. The zero-order valence-corrected chi connectivity index (χ0v) is 9.56. The number of thiophene rings is 1. The largest absolute Gasteiger partial charge is 0.472 e. The van der Waals surface area contributed by atoms with E-state index in [1.165, 1.54) is 11.1 Å². The van der Waals surface area contributed by atoms with Gasteiger partial charge < -0.3 is 4.42 Å². The molecule has 3 heteroatoms. The molecule has 0 atom stereocenters. The van der Waals surface area contributed by atoms with Crippen molar-refractivity contribution in [3.8, 4) is 0 Å². The summed E-state index contributed by atoms with van der Waals surface area (Å²) in [6.07, 6.45) is 4.09. The molecule has 0 saturated carbocycles. The van der Waals surface area contributed by atoms with E-state index < -0.39 is 0 Å². The van der Waals surface area contributed by atoms with Gasteiger partial charge in [-0.3, -0.25) is 4.79 Å². The molecule has 15 heavy (non-hydrogen) atoms. The van der Waals surface area contributed by atoms with Gasteiger partial charge in [0.1, 0.15) is 6.26 Å². The Bertz CT molecular complexity index is 479. The van der Waals surface area contributed by atoms with Crippen molar-refractivity contribution in [2.75, 3.05) is 0 Å². The van der Waals surface area contributed by atoms with Gasteiger partial charge in [0.2, 0.25) is 5.78 Å². The van der Waals surface area contributed by atoms with E-state index in [4.69, 9.17) is 4.42 Å². The van der Waals surface area contributed by atoms with E-state index in [2.05, 4.69) is 6.92 Å². The van der Waals surface area contributed by atoms with Gasteiger partial charge >= 0.3 is 0 Å². The van der Waals surface area contributed by atoms with Gasteiger partial charge in [-0.2, -0.15) is 0 Å². The Morgan fingerprint density at radius 1 is 1.40 bits per heavy atom. The van der Waals surface area contributed by atoms with E-state index in [0.29, 0.717) is 5.56 Å². The lowest BCUT2D eigenvalue weighted by Crippen LogP contribution is -1.97. The zero-order valence-electron chi connectivity index (χ0n) is 8.74. The quantitative estimate of drug-likeness (QED) is 0.742. The fourth-order valence-corrected chi connectivity index (χ4v) is 2.32. The summed E-state index contributed by atoms with van der Waals surface area (Å²) in [4.78, 5) is 14.0. The van der Waals surface area contributed by atoms with Crippen molar-refractivity contribution in [2.24, 2.45) is 0 Å². The molecule has 0 aliphatic rings. The van der Waals surface area contributed by atoms with Gasteiger partial charge in [0.15, 0.2) is 0 Å². The van der Waals surface area contributed by atoms with E-state index in [0.717, 1.165) is 16.9 Å². The molecule has 0 aliphatic heterocycles. The second-order valence-corrected chi connectivity index (χ2v) is 4.59. The van der Waals surface area contributed by atoms with Crippen LogP contribution in [0.25, 0.3) is 0 Å². The summed E-state index contributed by atoms with van der Waals surface area (Å²) in [5.74, 6) is 0.0611. The minimum Gasteiger partial charge on any atom is -0.472 e. The van der Waals surface area contributed by atoms with Crippen molar-refractivity contribution in [3.63, 3.8) is 0 Å². The van der Waals surface area contributed by atoms with E-state index >= 15 is 0 Å². The van der Waals surface area contributed by atoms with Gasteiger partial charge in [-0.15, -0.1) is 11.3 Å². The third-order valence-corrected chi connectivity index (χ3v) is 3.56. The molecule has 2 rings (SSSR count). The summed E-state index contributed by atoms with van der Waals surface area (Å²) in [6.45, 7) is 3.97. The van der Waals surface area contributed by atoms with Crippen molar-refractivity contribution in [1.29, 1.82) is 0 Å². The lowest BCUT2D eigenvalue weighted by Gasteiger charge is -1.94. The Hall–Kier alpha value is -1.35. The van der Waals surface area contributed by atoms with E-state index in [-0.39, 0.29) is 5.78 Å². The minimum absolute atomic E-state index is 0.0611. The molecule has 0 spiro atoms. The summed E-state index contributed by atoms with van der Waals surface area (Å²) in [6, 6.07) is 3.89. The van der Waals surface area contributed by atoms with Gasteiger partial charge in [-0.05, 0) is 31.0 Å². The zero-order chi connectivity index (χ0) is 10.8. The monoisotopic (exact) mass is 220 g/mol. The first-order chi connectivity index (χ1) is 7.22. The van der Waals surface area contributed by atoms with Crippen LogP contribution in [0, 0.1) is 6.92 Å². The Kier molecular flexibility index (Phi) is 2.73. The SMILES string of the molecule is CCc1ccc(C(=O)c2cocc2C)s1. The molecule has 0 fully saturated rings. The van der Waals surface area contributed by atoms with Crippen LogP contribution in [0.1, 0.15) is 32.6 Å². The molecule has 2 heterocycles. The lowest BCUT2D eigenvalue weighted by molar-refractivity contribution is 0.104. The molecule has 0 unspecified atom stereocenters. The smallest absolute Gasteiger partial charge is 0.206 e. The fourth-order valence-electron chi connectivity index (χ4n) is 1.42. The maximum Gasteiger partial charge on any atom is 0.206 e. The second-order valence-electron chi connectivity index (χ2n) is 3.42. The highest BCUT2D eigenvalue weighted by Crippen LogP contribution is 2.22. The minimum atomic E-state index is 0.0611. The molecule has 78 valence electrons. The first-order valence-corrected chi connectivity index (χ1v) is 5.70.